The van der Waals surface area contributed by atoms with E-state index in [1.807, 2.05) is 0 Å². The number of para-hydroxylation sites is 1. The van der Waals surface area contributed by atoms with Gasteiger partial charge in [0.25, 0.3) is 5.91 Å². The summed E-state index contributed by atoms with van der Waals surface area (Å²) < 4.78 is 31.3. The molecule has 25 heavy (non-hydrogen) atoms. The second-order valence-corrected chi connectivity index (χ2v) is 7.06. The Morgan fingerprint density at radius 2 is 1.84 bits per heavy atom. The van der Waals surface area contributed by atoms with Gasteiger partial charge in [-0.25, -0.2) is 13.4 Å². The Balaban J connectivity index is 2.19. The topological polar surface area (TPSA) is 88.6 Å². The van der Waals surface area contributed by atoms with Gasteiger partial charge in [0.2, 0.25) is 10.0 Å². The molecule has 0 saturated carbocycles. The zero-order chi connectivity index (χ0) is 18.4. The van der Waals surface area contributed by atoms with Gasteiger partial charge >= 0.3 is 0 Å². The van der Waals surface area contributed by atoms with Gasteiger partial charge < -0.3 is 10.1 Å². The minimum Gasteiger partial charge on any atom is -0.496 e. The van der Waals surface area contributed by atoms with Crippen LogP contribution in [0.2, 0.25) is 0 Å². The zero-order valence-corrected chi connectivity index (χ0v) is 15.2. The number of methoxy groups -OCH3 is 1. The van der Waals surface area contributed by atoms with E-state index in [4.69, 9.17) is 4.74 Å². The van der Waals surface area contributed by atoms with E-state index in [1.54, 1.807) is 38.1 Å². The number of nitrogens with one attached hydrogen (secondary N) is 1. The van der Waals surface area contributed by atoms with E-state index in [2.05, 4.69) is 10.3 Å². The van der Waals surface area contributed by atoms with E-state index < -0.39 is 10.0 Å². The highest BCUT2D eigenvalue weighted by atomic mass is 32.2. The predicted octanol–water partition coefficient (Wildman–Crippen LogP) is 2.37. The SMILES string of the molecule is CCN(CC)S(=O)(=O)c1ccc(NC(=O)c2ccccc2OC)nc1. The Morgan fingerprint density at radius 3 is 2.40 bits per heavy atom. The van der Waals surface area contributed by atoms with Crippen LogP contribution in [-0.4, -0.2) is 43.8 Å². The lowest BCUT2D eigenvalue weighted by Gasteiger charge is -2.18. The van der Waals surface area contributed by atoms with E-state index in [1.165, 1.54) is 29.7 Å². The van der Waals surface area contributed by atoms with E-state index >= 15 is 0 Å². The number of hydrogen-bond acceptors (Lipinski definition) is 5. The maximum atomic E-state index is 12.4. The van der Waals surface area contributed by atoms with E-state index in [9.17, 15) is 13.2 Å². The summed E-state index contributed by atoms with van der Waals surface area (Å²) in [6.07, 6.45) is 1.24. The van der Waals surface area contributed by atoms with Gasteiger partial charge in [-0.1, -0.05) is 26.0 Å². The summed E-state index contributed by atoms with van der Waals surface area (Å²) in [4.78, 5) is 16.4. The number of sulfonamides is 1. The first-order chi connectivity index (χ1) is 11.9. The zero-order valence-electron chi connectivity index (χ0n) is 14.4. The number of carbonyl (C=O) groups excluding carboxylic acids is 1. The first-order valence-electron chi connectivity index (χ1n) is 7.84. The lowest BCUT2D eigenvalue weighted by Crippen LogP contribution is -2.30. The third-order valence-corrected chi connectivity index (χ3v) is 5.71. The maximum absolute atomic E-state index is 12.4. The van der Waals surface area contributed by atoms with Crippen LogP contribution in [0.1, 0.15) is 24.2 Å². The molecule has 0 radical (unpaired) electrons. The van der Waals surface area contributed by atoms with E-state index in [-0.39, 0.29) is 16.6 Å². The number of carbonyl (C=O) groups is 1. The average molecular weight is 363 g/mol. The number of anilines is 1. The van der Waals surface area contributed by atoms with Gasteiger partial charge in [-0.15, -0.1) is 0 Å². The van der Waals surface area contributed by atoms with Crippen LogP contribution in [-0.2, 0) is 10.0 Å². The Labute approximate surface area is 147 Å². The molecule has 0 fully saturated rings. The maximum Gasteiger partial charge on any atom is 0.260 e. The Bertz CT molecular complexity index is 831. The van der Waals surface area contributed by atoms with Crippen molar-refractivity contribution in [3.05, 3.63) is 48.2 Å². The van der Waals surface area contributed by atoms with Crippen molar-refractivity contribution >= 4 is 21.7 Å². The summed E-state index contributed by atoms with van der Waals surface area (Å²) in [6.45, 7) is 4.31. The molecule has 8 heteroatoms. The van der Waals surface area contributed by atoms with Crippen molar-refractivity contribution in [3.63, 3.8) is 0 Å². The molecule has 0 aliphatic carbocycles. The molecule has 1 amide bonds. The van der Waals surface area contributed by atoms with Gasteiger partial charge in [-0.2, -0.15) is 4.31 Å². The molecule has 0 bridgehead atoms. The molecule has 7 nitrogen and oxygen atoms in total. The molecule has 134 valence electrons. The minimum absolute atomic E-state index is 0.0893. The third kappa shape index (κ3) is 4.15. The molecular formula is C17H21N3O4S. The molecule has 0 aliphatic rings. The van der Waals surface area contributed by atoms with Crippen LogP contribution >= 0.6 is 0 Å². The minimum atomic E-state index is -3.57. The molecule has 0 saturated heterocycles. The molecule has 2 rings (SSSR count). The van der Waals surface area contributed by atoms with Gasteiger partial charge in [0.05, 0.1) is 12.7 Å². The van der Waals surface area contributed by atoms with E-state index in [0.717, 1.165) is 0 Å². The summed E-state index contributed by atoms with van der Waals surface area (Å²) in [6, 6.07) is 9.70. The Hall–Kier alpha value is -2.45. The number of pyridine rings is 1. The monoisotopic (exact) mass is 363 g/mol. The molecule has 0 atom stereocenters. The summed E-state index contributed by atoms with van der Waals surface area (Å²) in [5.41, 5.74) is 0.367. The first-order valence-corrected chi connectivity index (χ1v) is 9.28. The fourth-order valence-corrected chi connectivity index (χ4v) is 3.74. The smallest absolute Gasteiger partial charge is 0.260 e. The van der Waals surface area contributed by atoms with Gasteiger partial charge in [0, 0.05) is 19.3 Å². The lowest BCUT2D eigenvalue weighted by atomic mass is 10.2. The molecule has 2 aromatic rings. The van der Waals surface area contributed by atoms with Crippen molar-refractivity contribution in [2.75, 3.05) is 25.5 Å². The van der Waals surface area contributed by atoms with Gasteiger partial charge in [0.1, 0.15) is 16.5 Å². The van der Waals surface area contributed by atoms with Crippen LogP contribution in [0, 0.1) is 0 Å². The van der Waals surface area contributed by atoms with Crippen LogP contribution < -0.4 is 10.1 Å². The normalized spacial score (nSPS) is 11.4. The second-order valence-electron chi connectivity index (χ2n) is 5.12. The summed E-state index contributed by atoms with van der Waals surface area (Å²) >= 11 is 0. The lowest BCUT2D eigenvalue weighted by molar-refractivity contribution is 0.102. The highest BCUT2D eigenvalue weighted by molar-refractivity contribution is 7.89. The van der Waals surface area contributed by atoms with Crippen molar-refractivity contribution in [3.8, 4) is 5.75 Å². The van der Waals surface area contributed by atoms with Crippen LogP contribution in [0.3, 0.4) is 0 Å². The number of rotatable bonds is 7. The van der Waals surface area contributed by atoms with Crippen molar-refractivity contribution in [2.45, 2.75) is 18.7 Å². The quantitative estimate of drug-likeness (QED) is 0.816. The fourth-order valence-electron chi connectivity index (χ4n) is 2.34. The number of amides is 1. The Kier molecular flexibility index (Phi) is 6.11. The summed E-state index contributed by atoms with van der Waals surface area (Å²) in [5.74, 6) is 0.319. The van der Waals surface area contributed by atoms with Crippen LogP contribution in [0.4, 0.5) is 5.82 Å². The van der Waals surface area contributed by atoms with Crippen molar-refractivity contribution < 1.29 is 17.9 Å². The highest BCUT2D eigenvalue weighted by Gasteiger charge is 2.22. The molecule has 1 aromatic heterocycles. The molecule has 1 N–H and O–H groups in total. The Morgan fingerprint density at radius 1 is 1.16 bits per heavy atom. The fraction of sp³-hybridized carbons (Fsp3) is 0.294. The first kappa shape index (κ1) is 18.9. The van der Waals surface area contributed by atoms with Crippen molar-refractivity contribution in [1.29, 1.82) is 0 Å². The number of ether oxygens (including phenoxy) is 1. The molecule has 0 aliphatic heterocycles. The van der Waals surface area contributed by atoms with Crippen molar-refractivity contribution in [1.82, 2.24) is 9.29 Å². The van der Waals surface area contributed by atoms with Gasteiger partial charge in [-0.05, 0) is 24.3 Å². The van der Waals surface area contributed by atoms with Crippen LogP contribution in [0.5, 0.6) is 5.75 Å². The molecular weight excluding hydrogens is 342 g/mol. The van der Waals surface area contributed by atoms with Crippen LogP contribution in [0.25, 0.3) is 0 Å². The molecule has 0 unspecified atom stereocenters. The largest absolute Gasteiger partial charge is 0.496 e. The van der Waals surface area contributed by atoms with Gasteiger partial charge in [-0.3, -0.25) is 4.79 Å². The molecule has 1 aromatic carbocycles. The molecule has 0 spiro atoms. The summed E-state index contributed by atoms with van der Waals surface area (Å²) in [5, 5.41) is 2.63. The number of nitrogens with zero attached hydrogens (tertiary/aromatic N) is 2. The number of benzene rings is 1. The van der Waals surface area contributed by atoms with Gasteiger partial charge in [0.15, 0.2) is 0 Å². The van der Waals surface area contributed by atoms with E-state index in [0.29, 0.717) is 24.4 Å². The average Bonchev–Trinajstić information content (AvgIpc) is 2.62. The molecule has 1 heterocycles. The third-order valence-electron chi connectivity index (χ3n) is 3.67. The van der Waals surface area contributed by atoms with Crippen molar-refractivity contribution in [2.24, 2.45) is 0 Å². The second kappa shape index (κ2) is 8.09. The number of aromatic nitrogens is 1. The van der Waals surface area contributed by atoms with Crippen LogP contribution in [0.15, 0.2) is 47.5 Å². The summed E-state index contributed by atoms with van der Waals surface area (Å²) in [7, 11) is -2.09. The number of hydrogen-bond donors (Lipinski definition) is 1. The highest BCUT2D eigenvalue weighted by Crippen LogP contribution is 2.20. The predicted molar refractivity (Wildman–Crippen MR) is 95.3 cm³/mol. The standard InChI is InChI=1S/C17H21N3O4S/c1-4-20(5-2)25(22,23)13-10-11-16(18-12-13)19-17(21)14-8-6-7-9-15(14)24-3/h6-12H,4-5H2,1-3H3,(H,18,19,21).